The molecule has 1 unspecified atom stereocenters. The number of halogens is 5. The first-order valence-corrected chi connectivity index (χ1v) is 10.4. The number of carboxylic acids is 1. The van der Waals surface area contributed by atoms with Crippen LogP contribution >= 0.6 is 0 Å². The van der Waals surface area contributed by atoms with Crippen LogP contribution in [0.4, 0.5) is 27.6 Å². The van der Waals surface area contributed by atoms with Crippen LogP contribution in [0.5, 0.6) is 0 Å². The average Bonchev–Trinajstić information content (AvgIpc) is 3.21. The SMILES string of the molecule is CN1CC(=O)N(c2cccc(F)c2)CC12CCN(C(=O)c1cccc(F)c1)C2.O=C(O)C(F)(F)F. The van der Waals surface area contributed by atoms with Crippen molar-refractivity contribution in [3.8, 4) is 0 Å². The summed E-state index contributed by atoms with van der Waals surface area (Å²) in [7, 11) is 1.87. The summed E-state index contributed by atoms with van der Waals surface area (Å²) >= 11 is 0. The number of carbonyl (C=O) groups excluding carboxylic acids is 2. The summed E-state index contributed by atoms with van der Waals surface area (Å²) in [5.74, 6) is -3.93. The Morgan fingerprint density at radius 1 is 1.00 bits per heavy atom. The second kappa shape index (κ2) is 9.98. The van der Waals surface area contributed by atoms with E-state index in [2.05, 4.69) is 0 Å². The highest BCUT2D eigenvalue weighted by molar-refractivity contribution is 5.97. The maximum atomic E-state index is 13.7. The fourth-order valence-corrected chi connectivity index (χ4v) is 4.11. The molecule has 188 valence electrons. The van der Waals surface area contributed by atoms with Crippen LogP contribution in [-0.4, -0.2) is 77.6 Å². The number of hydrogen-bond acceptors (Lipinski definition) is 4. The van der Waals surface area contributed by atoms with Gasteiger partial charge in [0.1, 0.15) is 11.6 Å². The minimum absolute atomic E-state index is 0.103. The van der Waals surface area contributed by atoms with Gasteiger partial charge in [-0.2, -0.15) is 13.2 Å². The van der Waals surface area contributed by atoms with Crippen LogP contribution < -0.4 is 4.90 Å². The summed E-state index contributed by atoms with van der Waals surface area (Å²) in [5.41, 5.74) is 0.421. The van der Waals surface area contributed by atoms with Crippen molar-refractivity contribution in [2.45, 2.75) is 18.1 Å². The minimum Gasteiger partial charge on any atom is -0.475 e. The zero-order chi connectivity index (χ0) is 26.0. The van der Waals surface area contributed by atoms with Gasteiger partial charge in [-0.15, -0.1) is 0 Å². The maximum absolute atomic E-state index is 13.7. The molecule has 0 saturated carbocycles. The van der Waals surface area contributed by atoms with Crippen LogP contribution in [-0.2, 0) is 9.59 Å². The number of benzene rings is 2. The average molecular weight is 499 g/mol. The van der Waals surface area contributed by atoms with Crippen LogP contribution in [0.3, 0.4) is 0 Å². The zero-order valence-corrected chi connectivity index (χ0v) is 18.6. The van der Waals surface area contributed by atoms with Gasteiger partial charge in [-0.3, -0.25) is 14.5 Å². The molecule has 0 radical (unpaired) electrons. The molecule has 2 aliphatic heterocycles. The largest absolute Gasteiger partial charge is 0.490 e. The smallest absolute Gasteiger partial charge is 0.475 e. The van der Waals surface area contributed by atoms with Crippen molar-refractivity contribution in [1.29, 1.82) is 0 Å². The molecule has 2 aromatic rings. The van der Waals surface area contributed by atoms with E-state index in [1.54, 1.807) is 28.0 Å². The predicted molar refractivity (Wildman–Crippen MR) is 115 cm³/mol. The van der Waals surface area contributed by atoms with E-state index >= 15 is 0 Å². The van der Waals surface area contributed by atoms with Crippen molar-refractivity contribution in [3.05, 3.63) is 65.7 Å². The molecule has 35 heavy (non-hydrogen) atoms. The Balaban J connectivity index is 0.000000429. The minimum atomic E-state index is -5.08. The van der Waals surface area contributed by atoms with Gasteiger partial charge in [-0.1, -0.05) is 12.1 Å². The molecular weight excluding hydrogens is 477 g/mol. The highest BCUT2D eigenvalue weighted by Crippen LogP contribution is 2.34. The van der Waals surface area contributed by atoms with Gasteiger partial charge in [-0.05, 0) is 49.9 Å². The Hall–Kier alpha value is -3.54. The molecule has 1 N–H and O–H groups in total. The summed E-state index contributed by atoms with van der Waals surface area (Å²) in [5, 5.41) is 7.12. The van der Waals surface area contributed by atoms with Crippen LogP contribution in [0.25, 0.3) is 0 Å². The third-order valence-corrected chi connectivity index (χ3v) is 5.99. The molecule has 0 bridgehead atoms. The molecule has 0 aliphatic carbocycles. The number of anilines is 1. The number of amides is 2. The standard InChI is InChI=1S/C21H21F2N3O2.C2HF3O2/c1-24-12-19(27)26(18-7-3-6-17(23)11-18)14-21(24)8-9-25(13-21)20(28)15-4-2-5-16(22)10-15;3-2(4,5)1(6)7/h2-7,10-11H,8-9,12-14H2,1H3;(H,6,7). The Kier molecular flexibility index (Phi) is 7.44. The lowest BCUT2D eigenvalue weighted by Gasteiger charge is -2.46. The quantitative estimate of drug-likeness (QED) is 0.643. The molecular formula is C23H22F5N3O4. The summed E-state index contributed by atoms with van der Waals surface area (Å²) in [6.07, 6.45) is -4.40. The molecule has 4 rings (SSSR count). The Bertz CT molecular complexity index is 1130. The van der Waals surface area contributed by atoms with E-state index in [1.165, 1.54) is 30.3 Å². The number of alkyl halides is 3. The Labute approximate surface area is 197 Å². The number of hydrogen-bond donors (Lipinski definition) is 1. The van der Waals surface area contributed by atoms with Crippen molar-refractivity contribution >= 4 is 23.5 Å². The van der Waals surface area contributed by atoms with Gasteiger partial charge < -0.3 is 14.9 Å². The highest BCUT2D eigenvalue weighted by atomic mass is 19.4. The molecule has 1 atom stereocenters. The number of piperazine rings is 1. The van der Waals surface area contributed by atoms with Crippen molar-refractivity contribution in [3.63, 3.8) is 0 Å². The number of carboxylic acid groups (broad SMARTS) is 1. The van der Waals surface area contributed by atoms with Crippen molar-refractivity contribution in [1.82, 2.24) is 9.80 Å². The fourth-order valence-electron chi connectivity index (χ4n) is 4.11. The first-order chi connectivity index (χ1) is 16.3. The van der Waals surface area contributed by atoms with Crippen LogP contribution in [0.15, 0.2) is 48.5 Å². The Morgan fingerprint density at radius 3 is 2.17 bits per heavy atom. The summed E-state index contributed by atoms with van der Waals surface area (Å²) < 4.78 is 58.9. The summed E-state index contributed by atoms with van der Waals surface area (Å²) in [6, 6.07) is 11.6. The lowest BCUT2D eigenvalue weighted by Crippen LogP contribution is -2.64. The maximum Gasteiger partial charge on any atom is 0.490 e. The van der Waals surface area contributed by atoms with Crippen LogP contribution in [0.1, 0.15) is 16.8 Å². The van der Waals surface area contributed by atoms with Gasteiger partial charge in [0.2, 0.25) is 5.91 Å². The third kappa shape index (κ3) is 5.94. The summed E-state index contributed by atoms with van der Waals surface area (Å²) in [6.45, 7) is 1.51. The molecule has 2 amide bonds. The van der Waals surface area contributed by atoms with E-state index in [1.807, 2.05) is 11.9 Å². The number of likely N-dealkylation sites (tertiary alicyclic amines) is 1. The van der Waals surface area contributed by atoms with Crippen molar-refractivity contribution < 1.29 is 41.4 Å². The highest BCUT2D eigenvalue weighted by Gasteiger charge is 2.48. The first kappa shape index (κ1) is 26.1. The van der Waals surface area contributed by atoms with Crippen LogP contribution in [0.2, 0.25) is 0 Å². The zero-order valence-electron chi connectivity index (χ0n) is 18.6. The third-order valence-electron chi connectivity index (χ3n) is 5.99. The monoisotopic (exact) mass is 499 g/mol. The van der Waals surface area contributed by atoms with E-state index in [0.29, 0.717) is 37.3 Å². The van der Waals surface area contributed by atoms with E-state index in [9.17, 15) is 31.5 Å². The lowest BCUT2D eigenvalue weighted by molar-refractivity contribution is -0.192. The van der Waals surface area contributed by atoms with E-state index in [0.717, 1.165) is 0 Å². The van der Waals surface area contributed by atoms with Gasteiger partial charge in [0, 0.05) is 30.9 Å². The van der Waals surface area contributed by atoms with E-state index in [-0.39, 0.29) is 18.4 Å². The number of aliphatic carboxylic acids is 1. The van der Waals surface area contributed by atoms with Gasteiger partial charge >= 0.3 is 12.1 Å². The van der Waals surface area contributed by atoms with Crippen LogP contribution in [0, 0.1) is 11.6 Å². The molecule has 2 saturated heterocycles. The molecule has 2 heterocycles. The predicted octanol–water partition coefficient (Wildman–Crippen LogP) is 3.16. The number of carbonyl (C=O) groups is 3. The van der Waals surface area contributed by atoms with E-state index in [4.69, 9.17) is 9.90 Å². The van der Waals surface area contributed by atoms with Gasteiger partial charge in [-0.25, -0.2) is 13.6 Å². The molecule has 2 aliphatic rings. The van der Waals surface area contributed by atoms with Crippen molar-refractivity contribution in [2.24, 2.45) is 0 Å². The molecule has 12 heteroatoms. The topological polar surface area (TPSA) is 81.2 Å². The number of nitrogens with zero attached hydrogens (tertiary/aromatic N) is 3. The number of rotatable bonds is 2. The molecule has 2 aromatic carbocycles. The molecule has 0 aromatic heterocycles. The van der Waals surface area contributed by atoms with Crippen molar-refractivity contribution in [2.75, 3.05) is 38.1 Å². The molecule has 2 fully saturated rings. The summed E-state index contributed by atoms with van der Waals surface area (Å²) in [4.78, 5) is 39.5. The van der Waals surface area contributed by atoms with Gasteiger partial charge in [0.05, 0.1) is 12.1 Å². The van der Waals surface area contributed by atoms with E-state index < -0.39 is 29.3 Å². The second-order valence-corrected chi connectivity index (χ2v) is 8.33. The molecule has 1 spiro atoms. The second-order valence-electron chi connectivity index (χ2n) is 8.33. The first-order valence-electron chi connectivity index (χ1n) is 10.4. The van der Waals surface area contributed by atoms with Gasteiger partial charge in [0.15, 0.2) is 0 Å². The lowest BCUT2D eigenvalue weighted by atomic mass is 9.92. The number of likely N-dealkylation sites (N-methyl/N-ethyl adjacent to an activating group) is 1. The normalized spacial score (nSPS) is 20.6. The fraction of sp³-hybridized carbons (Fsp3) is 0.348. The Morgan fingerprint density at radius 2 is 1.60 bits per heavy atom. The van der Waals surface area contributed by atoms with Gasteiger partial charge in [0.25, 0.3) is 5.91 Å². The molecule has 7 nitrogen and oxygen atoms in total.